The second-order valence-corrected chi connectivity index (χ2v) is 8.39. The summed E-state index contributed by atoms with van der Waals surface area (Å²) >= 11 is 0. The number of para-hydroxylation sites is 1. The highest BCUT2D eigenvalue weighted by atomic mass is 16.5. The average Bonchev–Trinajstić information content (AvgIpc) is 3.03. The quantitative estimate of drug-likeness (QED) is 0.436. The molecule has 0 amide bonds. The minimum absolute atomic E-state index is 0.236. The lowest BCUT2D eigenvalue weighted by atomic mass is 9.69. The molecule has 2 aromatic rings. The van der Waals surface area contributed by atoms with Gasteiger partial charge in [0.15, 0.2) is 0 Å². The monoisotopic (exact) mass is 374 g/mol. The van der Waals surface area contributed by atoms with Crippen LogP contribution in [0.2, 0.25) is 0 Å². The Morgan fingerprint density at radius 1 is 1.25 bits per heavy atom. The van der Waals surface area contributed by atoms with Crippen LogP contribution in [0.4, 0.5) is 0 Å². The Morgan fingerprint density at radius 3 is 2.75 bits per heavy atom. The third-order valence-corrected chi connectivity index (χ3v) is 6.37. The molecule has 1 aromatic heterocycles. The predicted octanol–water partition coefficient (Wildman–Crippen LogP) is 5.48. The maximum atomic E-state index is 5.71. The van der Waals surface area contributed by atoms with Gasteiger partial charge in [-0.3, -0.25) is 4.90 Å². The number of aromatic amines is 1. The van der Waals surface area contributed by atoms with Gasteiger partial charge in [0, 0.05) is 47.2 Å². The summed E-state index contributed by atoms with van der Waals surface area (Å²) in [6.07, 6.45) is 7.22. The summed E-state index contributed by atoms with van der Waals surface area (Å²) < 4.78 is 5.71. The van der Waals surface area contributed by atoms with Crippen LogP contribution >= 0.6 is 0 Å². The molecular formula is C25H30N2O. The Balaban J connectivity index is 2.02. The van der Waals surface area contributed by atoms with Gasteiger partial charge in [-0.15, -0.1) is 0 Å². The topological polar surface area (TPSA) is 28.3 Å². The van der Waals surface area contributed by atoms with E-state index < -0.39 is 0 Å². The van der Waals surface area contributed by atoms with Gasteiger partial charge in [-0.2, -0.15) is 0 Å². The number of methoxy groups -OCH3 is 1. The molecule has 3 heterocycles. The van der Waals surface area contributed by atoms with E-state index in [1.807, 2.05) is 6.08 Å². The second kappa shape index (κ2) is 7.14. The first-order valence-corrected chi connectivity index (χ1v) is 10.0. The molecule has 2 aliphatic rings. The van der Waals surface area contributed by atoms with Crippen LogP contribution in [0, 0.1) is 5.92 Å². The SMILES string of the molecule is C=CC(OC)=C(C=C)C1(C)CC2C=C(C)CN(Cc3c1[nH]c1ccccc31)C2. The molecule has 1 aromatic carbocycles. The molecule has 28 heavy (non-hydrogen) atoms. The number of benzene rings is 1. The zero-order chi connectivity index (χ0) is 19.9. The Kier molecular flexibility index (Phi) is 4.80. The number of nitrogens with one attached hydrogen (secondary N) is 1. The van der Waals surface area contributed by atoms with E-state index >= 15 is 0 Å². The van der Waals surface area contributed by atoms with Crippen molar-refractivity contribution >= 4 is 10.9 Å². The van der Waals surface area contributed by atoms with Crippen LogP contribution in [0.1, 0.15) is 31.5 Å². The van der Waals surface area contributed by atoms with E-state index in [1.54, 1.807) is 13.2 Å². The minimum Gasteiger partial charge on any atom is -0.496 e. The molecule has 0 aliphatic carbocycles. The zero-order valence-corrected chi connectivity index (χ0v) is 17.2. The molecule has 3 heteroatoms. The van der Waals surface area contributed by atoms with Crippen LogP contribution in [0.25, 0.3) is 10.9 Å². The third-order valence-electron chi connectivity index (χ3n) is 6.37. The molecule has 2 bridgehead atoms. The number of H-pyrrole nitrogens is 1. The molecule has 4 rings (SSSR count). The summed E-state index contributed by atoms with van der Waals surface area (Å²) in [6, 6.07) is 8.64. The Bertz CT molecular complexity index is 993. The fourth-order valence-electron chi connectivity index (χ4n) is 5.33. The summed E-state index contributed by atoms with van der Waals surface area (Å²) in [5.74, 6) is 1.30. The average molecular weight is 375 g/mol. The summed E-state index contributed by atoms with van der Waals surface area (Å²) in [5, 5.41) is 1.32. The van der Waals surface area contributed by atoms with Crippen molar-refractivity contribution < 1.29 is 4.74 Å². The molecule has 1 N–H and O–H groups in total. The minimum atomic E-state index is -0.236. The largest absolute Gasteiger partial charge is 0.496 e. The molecule has 3 nitrogen and oxygen atoms in total. The fraction of sp³-hybridized carbons (Fsp3) is 0.360. The standard InChI is InChI=1S/C25H30N2O/c1-6-21(23(7-2)28-5)25(4)13-18-12-17(3)14-27(15-18)16-20-19-10-8-9-11-22(19)26-24(20)25/h6-12,18,26H,1-2,13-16H2,3-5H3. The van der Waals surface area contributed by atoms with Crippen molar-refractivity contribution in [3.05, 3.63) is 83.8 Å². The van der Waals surface area contributed by atoms with E-state index in [0.717, 1.165) is 37.4 Å². The molecule has 0 fully saturated rings. The first kappa shape index (κ1) is 18.8. The maximum absolute atomic E-state index is 5.71. The van der Waals surface area contributed by atoms with Gasteiger partial charge in [-0.05, 0) is 43.9 Å². The lowest BCUT2D eigenvalue weighted by Crippen LogP contribution is -2.41. The van der Waals surface area contributed by atoms with Gasteiger partial charge >= 0.3 is 0 Å². The van der Waals surface area contributed by atoms with E-state index in [9.17, 15) is 0 Å². The van der Waals surface area contributed by atoms with Gasteiger partial charge in [-0.25, -0.2) is 0 Å². The van der Waals surface area contributed by atoms with Crippen LogP contribution < -0.4 is 0 Å². The van der Waals surface area contributed by atoms with Gasteiger partial charge < -0.3 is 9.72 Å². The van der Waals surface area contributed by atoms with E-state index in [-0.39, 0.29) is 5.41 Å². The number of fused-ring (bicyclic) bond motifs is 5. The Hall–Kier alpha value is -2.52. The van der Waals surface area contributed by atoms with E-state index in [0.29, 0.717) is 5.92 Å². The molecule has 3 unspecified atom stereocenters. The van der Waals surface area contributed by atoms with E-state index in [1.165, 1.54) is 27.7 Å². The lowest BCUT2D eigenvalue weighted by molar-refractivity contribution is 0.209. The van der Waals surface area contributed by atoms with Crippen molar-refractivity contribution in [1.82, 2.24) is 9.88 Å². The van der Waals surface area contributed by atoms with Crippen LogP contribution in [-0.2, 0) is 16.7 Å². The first-order chi connectivity index (χ1) is 13.5. The lowest BCUT2D eigenvalue weighted by Gasteiger charge is -2.42. The van der Waals surface area contributed by atoms with E-state index in [2.05, 4.69) is 67.2 Å². The second-order valence-electron chi connectivity index (χ2n) is 8.39. The molecule has 0 saturated heterocycles. The molecule has 0 radical (unpaired) electrons. The number of hydrogen-bond acceptors (Lipinski definition) is 2. The van der Waals surface area contributed by atoms with Crippen molar-refractivity contribution in [3.8, 4) is 0 Å². The molecule has 2 aliphatic heterocycles. The van der Waals surface area contributed by atoms with Gasteiger partial charge in [0.1, 0.15) is 5.76 Å². The first-order valence-electron chi connectivity index (χ1n) is 10.0. The van der Waals surface area contributed by atoms with Gasteiger partial charge in [0.05, 0.1) is 7.11 Å². The molecule has 0 spiro atoms. The van der Waals surface area contributed by atoms with Crippen LogP contribution in [0.15, 0.2) is 72.6 Å². The maximum Gasteiger partial charge on any atom is 0.122 e. The summed E-state index contributed by atoms with van der Waals surface area (Å²) in [5.41, 5.74) is 6.19. The molecular weight excluding hydrogens is 344 g/mol. The predicted molar refractivity (Wildman–Crippen MR) is 117 cm³/mol. The highest BCUT2D eigenvalue weighted by Gasteiger charge is 2.41. The smallest absolute Gasteiger partial charge is 0.122 e. The number of ether oxygens (including phenoxy) is 1. The van der Waals surface area contributed by atoms with Gasteiger partial charge in [0.2, 0.25) is 0 Å². The summed E-state index contributed by atoms with van der Waals surface area (Å²) in [7, 11) is 1.71. The Morgan fingerprint density at radius 2 is 2.04 bits per heavy atom. The Labute approximate surface area is 168 Å². The molecule has 146 valence electrons. The third kappa shape index (κ3) is 2.94. The number of rotatable bonds is 4. The van der Waals surface area contributed by atoms with Crippen molar-refractivity contribution in [3.63, 3.8) is 0 Å². The number of hydrogen-bond donors (Lipinski definition) is 1. The highest BCUT2D eigenvalue weighted by Crippen LogP contribution is 2.46. The highest BCUT2D eigenvalue weighted by molar-refractivity contribution is 5.85. The zero-order valence-electron chi connectivity index (χ0n) is 17.2. The number of allylic oxidation sites excluding steroid dienone is 3. The van der Waals surface area contributed by atoms with Crippen LogP contribution in [0.5, 0.6) is 0 Å². The van der Waals surface area contributed by atoms with Crippen molar-refractivity contribution in [1.29, 1.82) is 0 Å². The van der Waals surface area contributed by atoms with Crippen LogP contribution in [-0.4, -0.2) is 30.1 Å². The molecule has 0 saturated carbocycles. The van der Waals surface area contributed by atoms with Gasteiger partial charge in [-0.1, -0.05) is 49.1 Å². The van der Waals surface area contributed by atoms with Crippen LogP contribution in [0.3, 0.4) is 0 Å². The normalized spacial score (nSPS) is 27.8. The van der Waals surface area contributed by atoms with Crippen molar-refractivity contribution in [2.45, 2.75) is 32.2 Å². The summed E-state index contributed by atoms with van der Waals surface area (Å²) in [4.78, 5) is 6.36. The van der Waals surface area contributed by atoms with Crippen molar-refractivity contribution in [2.75, 3.05) is 20.2 Å². The number of nitrogens with zero attached hydrogens (tertiary/aromatic N) is 1. The van der Waals surface area contributed by atoms with Crippen molar-refractivity contribution in [2.24, 2.45) is 5.92 Å². The number of aromatic nitrogens is 1. The van der Waals surface area contributed by atoms with Gasteiger partial charge in [0.25, 0.3) is 0 Å². The summed E-state index contributed by atoms with van der Waals surface area (Å²) in [6.45, 7) is 15.8. The fourth-order valence-corrected chi connectivity index (χ4v) is 5.33. The van der Waals surface area contributed by atoms with E-state index in [4.69, 9.17) is 4.74 Å². The molecule has 3 atom stereocenters.